The van der Waals surface area contributed by atoms with E-state index in [9.17, 15) is 0 Å². The second-order valence-electron chi connectivity index (χ2n) is 1.75. The summed E-state index contributed by atoms with van der Waals surface area (Å²) in [6.45, 7) is 6.23. The lowest BCUT2D eigenvalue weighted by Gasteiger charge is -1.89. The summed E-state index contributed by atoms with van der Waals surface area (Å²) < 4.78 is 0. The van der Waals surface area contributed by atoms with E-state index in [0.717, 1.165) is 0 Å². The molecule has 0 fully saturated rings. The zero-order valence-corrected chi connectivity index (χ0v) is 8.50. The van der Waals surface area contributed by atoms with Gasteiger partial charge in [0, 0.05) is 5.33 Å². The van der Waals surface area contributed by atoms with E-state index < -0.39 is 0 Å². The Balaban J connectivity index is 0. The molecule has 0 aromatic rings. The quantitative estimate of drug-likeness (QED) is 0.470. The number of hydrogen-bond acceptors (Lipinski definition) is 0. The molecule has 0 saturated carbocycles. The van der Waals surface area contributed by atoms with Crippen molar-refractivity contribution in [1.29, 1.82) is 0 Å². The highest BCUT2D eigenvalue weighted by atomic mass is 79.9. The molecule has 0 unspecified atom stereocenters. The van der Waals surface area contributed by atoms with Gasteiger partial charge in [-0.2, -0.15) is 0 Å². The first-order valence-corrected chi connectivity index (χ1v) is 5.10. The van der Waals surface area contributed by atoms with Gasteiger partial charge in [0.15, 0.2) is 0 Å². The number of hydrogen-bond donors (Lipinski definition) is 0. The monoisotopic (exact) mass is 194 g/mol. The van der Waals surface area contributed by atoms with Gasteiger partial charge in [-0.15, -0.1) is 0 Å². The van der Waals surface area contributed by atoms with Crippen LogP contribution in [0.4, 0.5) is 0 Å². The zero-order chi connectivity index (χ0) is 7.54. The Morgan fingerprint density at radius 1 is 1.00 bits per heavy atom. The summed E-state index contributed by atoms with van der Waals surface area (Å²) in [5, 5.41) is 1.17. The average Bonchev–Trinajstić information content (AvgIpc) is 1.94. The minimum atomic E-state index is 1.17. The molecule has 0 spiro atoms. The summed E-state index contributed by atoms with van der Waals surface area (Å²) >= 11 is 3.38. The Morgan fingerprint density at radius 2 is 1.56 bits per heavy atom. The van der Waals surface area contributed by atoms with Gasteiger partial charge in [0.2, 0.25) is 0 Å². The van der Waals surface area contributed by atoms with Crippen LogP contribution in [0.1, 0.15) is 46.5 Å². The van der Waals surface area contributed by atoms with E-state index in [1.807, 2.05) is 13.8 Å². The molecule has 0 aromatic heterocycles. The molecule has 9 heavy (non-hydrogen) atoms. The lowest BCUT2D eigenvalue weighted by molar-refractivity contribution is 0.708. The molecule has 0 N–H and O–H groups in total. The van der Waals surface area contributed by atoms with Crippen LogP contribution >= 0.6 is 15.9 Å². The van der Waals surface area contributed by atoms with Crippen molar-refractivity contribution in [2.24, 2.45) is 0 Å². The largest absolute Gasteiger partial charge is 0.0928 e. The van der Waals surface area contributed by atoms with Crippen LogP contribution in [-0.4, -0.2) is 5.33 Å². The molecule has 0 saturated heterocycles. The van der Waals surface area contributed by atoms with E-state index in [1.54, 1.807) is 0 Å². The van der Waals surface area contributed by atoms with Gasteiger partial charge in [-0.05, 0) is 6.42 Å². The second kappa shape index (κ2) is 15.8. The third kappa shape index (κ3) is 17.7. The van der Waals surface area contributed by atoms with Crippen LogP contribution in [0.5, 0.6) is 0 Å². The summed E-state index contributed by atoms with van der Waals surface area (Å²) in [6.07, 6.45) is 5.47. The van der Waals surface area contributed by atoms with E-state index in [1.165, 1.54) is 31.0 Å². The molecule has 0 aliphatic carbocycles. The first-order chi connectivity index (χ1) is 4.41. The Kier molecular flexibility index (Phi) is 21.4. The smallest absolute Gasteiger partial charge is 0.00313 e. The minimum absolute atomic E-state index is 1.17. The van der Waals surface area contributed by atoms with Gasteiger partial charge >= 0.3 is 0 Å². The predicted molar refractivity (Wildman–Crippen MR) is 49.3 cm³/mol. The first kappa shape index (κ1) is 12.2. The molecular weight excluding hydrogens is 176 g/mol. The Hall–Kier alpha value is 0.480. The third-order valence-corrected chi connectivity index (χ3v) is 1.55. The number of unbranched alkanes of at least 4 members (excludes halogenated alkanes) is 3. The van der Waals surface area contributed by atoms with E-state index >= 15 is 0 Å². The SMILES string of the molecule is CC.CCCCCCBr. The molecule has 0 atom stereocenters. The van der Waals surface area contributed by atoms with Crippen molar-refractivity contribution in [1.82, 2.24) is 0 Å². The van der Waals surface area contributed by atoms with Crippen molar-refractivity contribution in [2.45, 2.75) is 46.5 Å². The molecule has 0 aliphatic heterocycles. The highest BCUT2D eigenvalue weighted by molar-refractivity contribution is 9.09. The van der Waals surface area contributed by atoms with E-state index in [0.29, 0.717) is 0 Å². The van der Waals surface area contributed by atoms with Crippen molar-refractivity contribution < 1.29 is 0 Å². The summed E-state index contributed by atoms with van der Waals surface area (Å²) in [5.74, 6) is 0. The first-order valence-electron chi connectivity index (χ1n) is 3.97. The standard InChI is InChI=1S/C6H13Br.C2H6/c1-2-3-4-5-6-7;1-2/h2-6H2,1H3;1-2H3. The van der Waals surface area contributed by atoms with Crippen LogP contribution in [0.3, 0.4) is 0 Å². The second-order valence-corrected chi connectivity index (χ2v) is 2.54. The van der Waals surface area contributed by atoms with Crippen molar-refractivity contribution in [2.75, 3.05) is 5.33 Å². The minimum Gasteiger partial charge on any atom is -0.0928 e. The summed E-state index contributed by atoms with van der Waals surface area (Å²) in [6, 6.07) is 0. The molecule has 0 heterocycles. The maximum Gasteiger partial charge on any atom is 0.00313 e. The summed E-state index contributed by atoms with van der Waals surface area (Å²) in [4.78, 5) is 0. The normalized spacial score (nSPS) is 8.00. The highest BCUT2D eigenvalue weighted by Gasteiger charge is 1.81. The summed E-state index contributed by atoms with van der Waals surface area (Å²) in [5.41, 5.74) is 0. The van der Waals surface area contributed by atoms with E-state index in [2.05, 4.69) is 22.9 Å². The molecule has 58 valence electrons. The number of rotatable bonds is 4. The zero-order valence-electron chi connectivity index (χ0n) is 6.91. The van der Waals surface area contributed by atoms with Gasteiger partial charge in [0.1, 0.15) is 0 Å². The molecular formula is C8H19Br. The molecule has 0 radical (unpaired) electrons. The third-order valence-electron chi connectivity index (χ3n) is 0.987. The van der Waals surface area contributed by atoms with Crippen molar-refractivity contribution in [3.05, 3.63) is 0 Å². The van der Waals surface area contributed by atoms with Crippen LogP contribution in [-0.2, 0) is 0 Å². The lowest BCUT2D eigenvalue weighted by atomic mass is 10.2. The molecule has 0 nitrogen and oxygen atoms in total. The van der Waals surface area contributed by atoms with Crippen LogP contribution in [0, 0.1) is 0 Å². The van der Waals surface area contributed by atoms with Crippen molar-refractivity contribution in [3.8, 4) is 0 Å². The topological polar surface area (TPSA) is 0 Å². The molecule has 0 amide bonds. The van der Waals surface area contributed by atoms with Gasteiger partial charge in [-0.25, -0.2) is 0 Å². The Morgan fingerprint density at radius 3 is 1.89 bits per heavy atom. The van der Waals surface area contributed by atoms with Gasteiger partial charge in [0.05, 0.1) is 0 Å². The fraction of sp³-hybridized carbons (Fsp3) is 1.00. The van der Waals surface area contributed by atoms with Crippen molar-refractivity contribution >= 4 is 15.9 Å². The average molecular weight is 195 g/mol. The van der Waals surface area contributed by atoms with Gasteiger partial charge < -0.3 is 0 Å². The van der Waals surface area contributed by atoms with Gasteiger partial charge in [-0.1, -0.05) is 56.0 Å². The van der Waals surface area contributed by atoms with Gasteiger partial charge in [0.25, 0.3) is 0 Å². The molecule has 0 aliphatic rings. The Bertz CT molecular complexity index is 23.7. The molecule has 0 aromatic carbocycles. The Labute approximate surface area is 68.2 Å². The molecule has 0 bridgehead atoms. The molecule has 0 rings (SSSR count). The fourth-order valence-corrected chi connectivity index (χ4v) is 0.918. The lowest BCUT2D eigenvalue weighted by Crippen LogP contribution is -1.73. The van der Waals surface area contributed by atoms with E-state index in [-0.39, 0.29) is 0 Å². The van der Waals surface area contributed by atoms with Crippen LogP contribution < -0.4 is 0 Å². The highest BCUT2D eigenvalue weighted by Crippen LogP contribution is 1.99. The predicted octanol–water partition coefficient (Wildman–Crippen LogP) is 3.99. The van der Waals surface area contributed by atoms with Crippen LogP contribution in [0.2, 0.25) is 0 Å². The van der Waals surface area contributed by atoms with Gasteiger partial charge in [-0.3, -0.25) is 0 Å². The number of halogens is 1. The van der Waals surface area contributed by atoms with Crippen LogP contribution in [0.25, 0.3) is 0 Å². The maximum absolute atomic E-state index is 3.38. The van der Waals surface area contributed by atoms with Crippen molar-refractivity contribution in [3.63, 3.8) is 0 Å². The van der Waals surface area contributed by atoms with Crippen LogP contribution in [0.15, 0.2) is 0 Å². The molecule has 1 heteroatoms. The fourth-order valence-electron chi connectivity index (χ4n) is 0.521. The maximum atomic E-state index is 3.38. The summed E-state index contributed by atoms with van der Waals surface area (Å²) in [7, 11) is 0. The number of alkyl halides is 1. The van der Waals surface area contributed by atoms with E-state index in [4.69, 9.17) is 0 Å².